The zero-order valence-corrected chi connectivity index (χ0v) is 14.2. The van der Waals surface area contributed by atoms with Crippen molar-refractivity contribution in [2.45, 2.75) is 40.5 Å². The number of nitrogens with zero attached hydrogens (tertiary/aromatic N) is 1. The van der Waals surface area contributed by atoms with Gasteiger partial charge >= 0.3 is 0 Å². The fourth-order valence-corrected chi connectivity index (χ4v) is 3.06. The summed E-state index contributed by atoms with van der Waals surface area (Å²) >= 11 is 0. The summed E-state index contributed by atoms with van der Waals surface area (Å²) in [5.74, 6) is 0.396. The maximum absolute atomic E-state index is 12.2. The van der Waals surface area contributed by atoms with Gasteiger partial charge in [0, 0.05) is 29.0 Å². The van der Waals surface area contributed by atoms with Gasteiger partial charge in [-0.15, -0.1) is 4.91 Å². The lowest BCUT2D eigenvalue weighted by molar-refractivity contribution is -0.113. The molecule has 0 aliphatic carbocycles. The average molecular weight is 314 g/mol. The number of dihydropyridines is 1. The highest BCUT2D eigenvalue weighted by Gasteiger charge is 2.29. The van der Waals surface area contributed by atoms with Gasteiger partial charge in [0.2, 0.25) is 0 Å². The van der Waals surface area contributed by atoms with Gasteiger partial charge in [-0.1, -0.05) is 0 Å². The van der Waals surface area contributed by atoms with Gasteiger partial charge < -0.3 is 10.1 Å². The van der Waals surface area contributed by atoms with Crippen LogP contribution in [0.15, 0.2) is 45.9 Å². The fraction of sp³-hybridized carbons (Fsp3) is 0.389. The normalized spacial score (nSPS) is 17.9. The molecule has 0 fully saturated rings. The van der Waals surface area contributed by atoms with E-state index in [0.717, 1.165) is 22.5 Å². The third-order valence-electron chi connectivity index (χ3n) is 4.13. The van der Waals surface area contributed by atoms with Crippen LogP contribution in [-0.4, -0.2) is 12.4 Å². The summed E-state index contributed by atoms with van der Waals surface area (Å²) in [7, 11) is 0. The molecule has 0 bridgehead atoms. The Morgan fingerprint density at radius 2 is 1.91 bits per heavy atom. The fourth-order valence-electron chi connectivity index (χ4n) is 3.06. The molecule has 5 nitrogen and oxygen atoms in total. The standard InChI is InChI=1S/C18H22N2O3/c1-6-23-16-8-14(7-15(9-16)20-22)17-10(2)11(3)19-12(4)18(17)13(5)21/h7-9,17,19H,6H2,1-5H3. The number of nitroso groups, excluding NO2 is 1. The Labute approximate surface area is 136 Å². The Kier molecular flexibility index (Phi) is 4.98. The number of nitrogens with one attached hydrogen (secondary N) is 1. The molecule has 0 amide bonds. The summed E-state index contributed by atoms with van der Waals surface area (Å²) in [4.78, 5) is 23.2. The maximum atomic E-state index is 12.2. The zero-order valence-electron chi connectivity index (χ0n) is 14.2. The van der Waals surface area contributed by atoms with E-state index in [0.29, 0.717) is 23.6 Å². The van der Waals surface area contributed by atoms with E-state index in [1.54, 1.807) is 19.1 Å². The van der Waals surface area contributed by atoms with E-state index in [4.69, 9.17) is 4.74 Å². The molecule has 1 aromatic carbocycles. The molecule has 0 aromatic heterocycles. The van der Waals surface area contributed by atoms with E-state index in [1.165, 1.54) is 0 Å². The van der Waals surface area contributed by atoms with Gasteiger partial charge in [0.05, 0.1) is 6.61 Å². The molecule has 1 N–H and O–H groups in total. The Balaban J connectivity index is 2.64. The monoisotopic (exact) mass is 314 g/mol. The quantitative estimate of drug-likeness (QED) is 0.821. The number of allylic oxidation sites excluding steroid dienone is 4. The van der Waals surface area contributed by atoms with E-state index in [2.05, 4.69) is 10.5 Å². The van der Waals surface area contributed by atoms with Crippen LogP contribution in [0.2, 0.25) is 0 Å². The number of hydrogen-bond acceptors (Lipinski definition) is 5. The van der Waals surface area contributed by atoms with Crippen molar-refractivity contribution in [3.63, 3.8) is 0 Å². The van der Waals surface area contributed by atoms with Crippen LogP contribution in [0.3, 0.4) is 0 Å². The molecule has 1 heterocycles. The molecule has 1 aliphatic heterocycles. The Bertz CT molecular complexity index is 717. The molecule has 0 spiro atoms. The van der Waals surface area contributed by atoms with Crippen LogP contribution in [0.4, 0.5) is 5.69 Å². The molecular weight excluding hydrogens is 292 g/mol. The number of carbonyl (C=O) groups excluding carboxylic acids is 1. The first kappa shape index (κ1) is 16.9. The van der Waals surface area contributed by atoms with Crippen molar-refractivity contribution in [2.75, 3.05) is 6.61 Å². The van der Waals surface area contributed by atoms with Gasteiger partial charge in [-0.05, 0) is 63.1 Å². The number of ketones is 1. The lowest BCUT2D eigenvalue weighted by atomic mass is 9.79. The molecule has 1 aliphatic rings. The number of ether oxygens (including phenoxy) is 1. The topological polar surface area (TPSA) is 67.8 Å². The van der Waals surface area contributed by atoms with E-state index in [9.17, 15) is 9.70 Å². The second-order valence-corrected chi connectivity index (χ2v) is 5.75. The third-order valence-corrected chi connectivity index (χ3v) is 4.13. The largest absolute Gasteiger partial charge is 0.494 e. The molecule has 0 saturated heterocycles. The van der Waals surface area contributed by atoms with Gasteiger partial charge in [0.25, 0.3) is 0 Å². The van der Waals surface area contributed by atoms with Crippen LogP contribution in [0.25, 0.3) is 0 Å². The number of Topliss-reactive ketones (excluding diaryl/α,β-unsaturated/α-hetero) is 1. The number of rotatable bonds is 5. The SMILES string of the molecule is CCOc1cc(N=O)cc(C2C(C)=C(C)NC(C)=C2C(C)=O)c1. The summed E-state index contributed by atoms with van der Waals surface area (Å²) in [5.41, 5.74) is 4.75. The van der Waals surface area contributed by atoms with E-state index >= 15 is 0 Å². The van der Waals surface area contributed by atoms with Gasteiger partial charge in [0.1, 0.15) is 11.4 Å². The average Bonchev–Trinajstić information content (AvgIpc) is 2.50. The Morgan fingerprint density at radius 3 is 2.48 bits per heavy atom. The van der Waals surface area contributed by atoms with Gasteiger partial charge in [-0.3, -0.25) is 4.79 Å². The van der Waals surface area contributed by atoms with Crippen molar-refractivity contribution >= 4 is 11.5 Å². The van der Waals surface area contributed by atoms with Crippen LogP contribution in [-0.2, 0) is 4.79 Å². The smallest absolute Gasteiger partial charge is 0.158 e. The second-order valence-electron chi connectivity index (χ2n) is 5.75. The van der Waals surface area contributed by atoms with Crippen molar-refractivity contribution in [3.8, 4) is 5.75 Å². The lowest BCUT2D eigenvalue weighted by Gasteiger charge is -2.30. The molecule has 1 aromatic rings. The van der Waals surface area contributed by atoms with Crippen LogP contribution in [0.5, 0.6) is 5.75 Å². The van der Waals surface area contributed by atoms with Crippen molar-refractivity contribution in [3.05, 3.63) is 51.2 Å². The second kappa shape index (κ2) is 6.77. The number of hydrogen-bond donors (Lipinski definition) is 1. The van der Waals surface area contributed by atoms with Crippen molar-refractivity contribution < 1.29 is 9.53 Å². The Hall–Kier alpha value is -2.43. The summed E-state index contributed by atoms with van der Waals surface area (Å²) in [6.07, 6.45) is 0. The van der Waals surface area contributed by atoms with Gasteiger partial charge in [-0.25, -0.2) is 0 Å². The molecule has 0 saturated carbocycles. The minimum atomic E-state index is -0.199. The van der Waals surface area contributed by atoms with E-state index < -0.39 is 0 Å². The van der Waals surface area contributed by atoms with Gasteiger partial charge in [-0.2, -0.15) is 0 Å². The van der Waals surface area contributed by atoms with Crippen LogP contribution >= 0.6 is 0 Å². The predicted octanol–water partition coefficient (Wildman–Crippen LogP) is 4.33. The first-order chi connectivity index (χ1) is 10.9. The molecule has 2 rings (SSSR count). The van der Waals surface area contributed by atoms with Crippen LogP contribution in [0.1, 0.15) is 46.1 Å². The molecule has 122 valence electrons. The predicted molar refractivity (Wildman–Crippen MR) is 90.7 cm³/mol. The van der Waals surface area contributed by atoms with Crippen molar-refractivity contribution in [1.82, 2.24) is 5.32 Å². The van der Waals surface area contributed by atoms with Crippen LogP contribution < -0.4 is 10.1 Å². The van der Waals surface area contributed by atoms with E-state index in [-0.39, 0.29) is 11.7 Å². The molecule has 5 heteroatoms. The molecule has 23 heavy (non-hydrogen) atoms. The first-order valence-electron chi connectivity index (χ1n) is 7.66. The Morgan fingerprint density at radius 1 is 1.22 bits per heavy atom. The lowest BCUT2D eigenvalue weighted by Crippen LogP contribution is -2.26. The zero-order chi connectivity index (χ0) is 17.1. The summed E-state index contributed by atoms with van der Waals surface area (Å²) < 4.78 is 5.53. The van der Waals surface area contributed by atoms with Crippen molar-refractivity contribution in [2.24, 2.45) is 5.18 Å². The third kappa shape index (κ3) is 3.33. The highest BCUT2D eigenvalue weighted by molar-refractivity contribution is 5.96. The minimum Gasteiger partial charge on any atom is -0.494 e. The summed E-state index contributed by atoms with van der Waals surface area (Å²) in [6, 6.07) is 5.21. The molecule has 0 radical (unpaired) electrons. The van der Waals surface area contributed by atoms with E-state index in [1.807, 2.05) is 33.8 Å². The maximum Gasteiger partial charge on any atom is 0.158 e. The summed E-state index contributed by atoms with van der Waals surface area (Å²) in [5, 5.41) is 6.29. The van der Waals surface area contributed by atoms with Crippen LogP contribution in [0, 0.1) is 4.91 Å². The summed E-state index contributed by atoms with van der Waals surface area (Å²) in [6.45, 7) is 9.80. The highest BCUT2D eigenvalue weighted by Crippen LogP contribution is 2.40. The van der Waals surface area contributed by atoms with Gasteiger partial charge in [0.15, 0.2) is 5.78 Å². The molecule has 1 unspecified atom stereocenters. The van der Waals surface area contributed by atoms with Crippen molar-refractivity contribution in [1.29, 1.82) is 0 Å². The highest BCUT2D eigenvalue weighted by atomic mass is 16.5. The number of carbonyl (C=O) groups is 1. The first-order valence-corrected chi connectivity index (χ1v) is 7.66. The molecule has 1 atom stereocenters. The molecular formula is C18H22N2O3. The number of benzene rings is 1. The minimum absolute atomic E-state index is 0.00859.